The van der Waals surface area contributed by atoms with Crippen molar-refractivity contribution in [3.8, 4) is 0 Å². The van der Waals surface area contributed by atoms with Crippen molar-refractivity contribution in [2.75, 3.05) is 0 Å². The van der Waals surface area contributed by atoms with E-state index in [0.29, 0.717) is 32.5 Å². The predicted molar refractivity (Wildman–Crippen MR) is 94.0 cm³/mol. The van der Waals surface area contributed by atoms with Crippen molar-refractivity contribution in [1.82, 2.24) is 14.9 Å². The monoisotopic (exact) mass is 347 g/mol. The molecule has 0 aliphatic rings. The maximum absolute atomic E-state index is 14.2. The molecule has 0 saturated carbocycles. The maximum Gasteiger partial charge on any atom is 0.272 e. The van der Waals surface area contributed by atoms with Gasteiger partial charge in [-0.05, 0) is 26.0 Å². The highest BCUT2D eigenvalue weighted by molar-refractivity contribution is 7.25. The lowest BCUT2D eigenvalue weighted by molar-refractivity contribution is -0.122. The SMILES string of the molecule is CCc1nc2c(sc3cccc(F)c32)c(=O)n1CC(=O)NC(C)C. The molecule has 0 spiro atoms. The van der Waals surface area contributed by atoms with Gasteiger partial charge in [0, 0.05) is 17.2 Å². The van der Waals surface area contributed by atoms with Crippen LogP contribution in [0, 0.1) is 5.82 Å². The Bertz CT molecular complexity index is 991. The molecule has 2 aromatic heterocycles. The summed E-state index contributed by atoms with van der Waals surface area (Å²) in [5, 5.41) is 3.15. The van der Waals surface area contributed by atoms with Gasteiger partial charge >= 0.3 is 0 Å². The Balaban J connectivity index is 2.22. The van der Waals surface area contributed by atoms with Crippen molar-refractivity contribution in [1.29, 1.82) is 0 Å². The van der Waals surface area contributed by atoms with Crippen LogP contribution in [-0.4, -0.2) is 21.5 Å². The Kier molecular flexibility index (Phi) is 4.36. The van der Waals surface area contributed by atoms with E-state index < -0.39 is 0 Å². The van der Waals surface area contributed by atoms with Crippen LogP contribution in [0.4, 0.5) is 4.39 Å². The van der Waals surface area contributed by atoms with E-state index in [9.17, 15) is 14.0 Å². The van der Waals surface area contributed by atoms with E-state index in [2.05, 4.69) is 10.3 Å². The Labute approximate surface area is 142 Å². The summed E-state index contributed by atoms with van der Waals surface area (Å²) in [4.78, 5) is 29.4. The number of rotatable bonds is 4. The lowest BCUT2D eigenvalue weighted by atomic mass is 10.2. The molecule has 0 fully saturated rings. The summed E-state index contributed by atoms with van der Waals surface area (Å²) < 4.78 is 16.6. The smallest absolute Gasteiger partial charge is 0.272 e. The molecule has 0 saturated heterocycles. The number of nitrogens with one attached hydrogen (secondary N) is 1. The third-order valence-electron chi connectivity index (χ3n) is 3.70. The second-order valence-corrected chi connectivity index (χ2v) is 6.94. The van der Waals surface area contributed by atoms with E-state index in [1.54, 1.807) is 12.1 Å². The molecule has 24 heavy (non-hydrogen) atoms. The first-order valence-electron chi connectivity index (χ1n) is 7.82. The number of aromatic nitrogens is 2. The molecule has 5 nitrogen and oxygen atoms in total. The van der Waals surface area contributed by atoms with Gasteiger partial charge in [-0.2, -0.15) is 0 Å². The fourth-order valence-electron chi connectivity index (χ4n) is 2.72. The van der Waals surface area contributed by atoms with Gasteiger partial charge in [-0.1, -0.05) is 13.0 Å². The number of hydrogen-bond donors (Lipinski definition) is 1. The minimum absolute atomic E-state index is 0.00612. The number of fused-ring (bicyclic) bond motifs is 3. The fourth-order valence-corrected chi connectivity index (χ4v) is 3.82. The number of carbonyl (C=O) groups excluding carboxylic acids is 1. The van der Waals surface area contributed by atoms with Gasteiger partial charge in [-0.15, -0.1) is 11.3 Å². The van der Waals surface area contributed by atoms with Gasteiger partial charge in [0.2, 0.25) is 5.91 Å². The van der Waals surface area contributed by atoms with Gasteiger partial charge in [0.1, 0.15) is 22.9 Å². The molecule has 0 unspecified atom stereocenters. The molecule has 1 amide bonds. The Morgan fingerprint density at radius 3 is 2.83 bits per heavy atom. The van der Waals surface area contributed by atoms with Gasteiger partial charge in [-0.3, -0.25) is 14.2 Å². The second kappa shape index (κ2) is 6.32. The zero-order valence-corrected chi connectivity index (χ0v) is 14.5. The Morgan fingerprint density at radius 2 is 2.17 bits per heavy atom. The summed E-state index contributed by atoms with van der Waals surface area (Å²) in [7, 11) is 0. The number of nitrogens with zero attached hydrogens (tertiary/aromatic N) is 2. The lowest BCUT2D eigenvalue weighted by Crippen LogP contribution is -2.37. The predicted octanol–water partition coefficient (Wildman–Crippen LogP) is 2.84. The third-order valence-corrected chi connectivity index (χ3v) is 4.83. The fraction of sp³-hybridized carbons (Fsp3) is 0.353. The summed E-state index contributed by atoms with van der Waals surface area (Å²) >= 11 is 1.21. The summed E-state index contributed by atoms with van der Waals surface area (Å²) in [6.07, 6.45) is 0.478. The van der Waals surface area contributed by atoms with Gasteiger partial charge in [0.05, 0.1) is 10.9 Å². The number of thiophene rings is 1. The number of benzene rings is 1. The van der Waals surface area contributed by atoms with Gasteiger partial charge in [0.15, 0.2) is 0 Å². The van der Waals surface area contributed by atoms with Crippen molar-refractivity contribution >= 4 is 37.5 Å². The Morgan fingerprint density at radius 1 is 1.42 bits per heavy atom. The normalized spacial score (nSPS) is 11.5. The molecule has 0 bridgehead atoms. The average Bonchev–Trinajstić information content (AvgIpc) is 2.89. The number of halogens is 1. The standard InChI is InChI=1S/C17H18FN3O2S/c1-4-12-20-15-14-10(18)6-5-7-11(14)24-16(15)17(23)21(12)8-13(22)19-9(2)3/h5-7,9H,4,8H2,1-3H3,(H,19,22). The van der Waals surface area contributed by atoms with E-state index in [1.165, 1.54) is 22.0 Å². The van der Waals surface area contributed by atoms with Crippen LogP contribution in [0.1, 0.15) is 26.6 Å². The van der Waals surface area contributed by atoms with Crippen LogP contribution in [0.5, 0.6) is 0 Å². The topological polar surface area (TPSA) is 64.0 Å². The van der Waals surface area contributed by atoms with Gasteiger partial charge in [-0.25, -0.2) is 9.37 Å². The highest BCUT2D eigenvalue weighted by Gasteiger charge is 2.18. The zero-order chi connectivity index (χ0) is 17.4. The molecule has 0 radical (unpaired) electrons. The molecule has 7 heteroatoms. The first-order valence-corrected chi connectivity index (χ1v) is 8.63. The molecule has 3 aromatic rings. The van der Waals surface area contributed by atoms with Crippen molar-refractivity contribution in [2.24, 2.45) is 0 Å². The minimum atomic E-state index is -0.386. The number of aryl methyl sites for hydroxylation is 1. The van der Waals surface area contributed by atoms with Crippen LogP contribution < -0.4 is 10.9 Å². The summed E-state index contributed by atoms with van der Waals surface area (Å²) in [5.74, 6) is -0.146. The van der Waals surface area contributed by atoms with Gasteiger partial charge < -0.3 is 5.32 Å². The molecular formula is C17H18FN3O2S. The highest BCUT2D eigenvalue weighted by atomic mass is 32.1. The minimum Gasteiger partial charge on any atom is -0.352 e. The molecule has 1 aromatic carbocycles. The zero-order valence-electron chi connectivity index (χ0n) is 13.7. The van der Waals surface area contributed by atoms with Crippen molar-refractivity contribution < 1.29 is 9.18 Å². The first-order chi connectivity index (χ1) is 11.4. The molecule has 3 rings (SSSR count). The molecular weight excluding hydrogens is 329 g/mol. The number of carbonyl (C=O) groups is 1. The van der Waals surface area contributed by atoms with E-state index >= 15 is 0 Å². The quantitative estimate of drug-likeness (QED) is 0.789. The van der Waals surface area contributed by atoms with Crippen molar-refractivity contribution in [3.63, 3.8) is 0 Å². The second-order valence-electron chi connectivity index (χ2n) is 5.89. The van der Waals surface area contributed by atoms with Crippen LogP contribution in [0.25, 0.3) is 20.3 Å². The van der Waals surface area contributed by atoms with Crippen LogP contribution in [-0.2, 0) is 17.8 Å². The summed E-state index contributed by atoms with van der Waals surface area (Å²) in [6.45, 7) is 5.49. The molecule has 0 aliphatic heterocycles. The maximum atomic E-state index is 14.2. The number of hydrogen-bond acceptors (Lipinski definition) is 4. The van der Waals surface area contributed by atoms with Crippen molar-refractivity contribution in [3.05, 3.63) is 40.2 Å². The van der Waals surface area contributed by atoms with Crippen LogP contribution in [0.2, 0.25) is 0 Å². The highest BCUT2D eigenvalue weighted by Crippen LogP contribution is 2.32. The van der Waals surface area contributed by atoms with Crippen LogP contribution >= 0.6 is 11.3 Å². The molecule has 2 heterocycles. The van der Waals surface area contributed by atoms with Gasteiger partial charge in [0.25, 0.3) is 5.56 Å². The average molecular weight is 347 g/mol. The lowest BCUT2D eigenvalue weighted by Gasteiger charge is -2.13. The largest absolute Gasteiger partial charge is 0.352 e. The van der Waals surface area contributed by atoms with E-state index in [-0.39, 0.29) is 29.9 Å². The Hall–Kier alpha value is -2.28. The molecule has 0 atom stereocenters. The molecule has 1 N–H and O–H groups in total. The summed E-state index contributed by atoms with van der Waals surface area (Å²) in [5.41, 5.74) is 0.0897. The van der Waals surface area contributed by atoms with E-state index in [0.717, 1.165) is 0 Å². The molecule has 0 aliphatic carbocycles. The van der Waals surface area contributed by atoms with Crippen LogP contribution in [0.15, 0.2) is 23.0 Å². The molecule has 126 valence electrons. The third kappa shape index (κ3) is 2.80. The van der Waals surface area contributed by atoms with E-state index in [4.69, 9.17) is 0 Å². The van der Waals surface area contributed by atoms with Crippen LogP contribution in [0.3, 0.4) is 0 Å². The summed E-state index contributed by atoms with van der Waals surface area (Å²) in [6, 6.07) is 4.74. The van der Waals surface area contributed by atoms with Crippen molar-refractivity contribution in [2.45, 2.75) is 39.8 Å². The first kappa shape index (κ1) is 16.6. The number of amides is 1. The van der Waals surface area contributed by atoms with E-state index in [1.807, 2.05) is 20.8 Å².